The largest absolute Gasteiger partial charge is 0.462 e. The summed E-state index contributed by atoms with van der Waals surface area (Å²) >= 11 is 0. The van der Waals surface area contributed by atoms with E-state index in [0.717, 1.165) is 42.9 Å². The van der Waals surface area contributed by atoms with E-state index in [1.165, 1.54) is 38.5 Å². The lowest BCUT2D eigenvalue weighted by Gasteiger charge is -2.58. The van der Waals surface area contributed by atoms with E-state index in [-0.39, 0.29) is 12.1 Å². The topological polar surface area (TPSA) is 46.5 Å². The zero-order chi connectivity index (χ0) is 23.3. The first-order chi connectivity index (χ1) is 14.9. The first-order valence-electron chi connectivity index (χ1n) is 13.2. The Kier molecular flexibility index (Phi) is 6.46. The highest BCUT2D eigenvalue weighted by Crippen LogP contribution is 2.67. The standard InChI is InChI=1S/C29H46O3/c1-19(8-7-15-27(3,4)31)24-11-12-25-23-10-9-21-18-22(32-20(2)30)13-16-28(21,5)26(23)14-17-29(24,25)6/h7-9,19,22-26,31H,10-18H2,1-6H3/b8-7+. The number of rotatable bonds is 5. The van der Waals surface area contributed by atoms with Gasteiger partial charge in [-0.15, -0.1) is 0 Å². The number of fused-ring (bicyclic) bond motifs is 5. The van der Waals surface area contributed by atoms with Crippen LogP contribution >= 0.6 is 0 Å². The third kappa shape index (κ3) is 4.36. The molecule has 0 aromatic heterocycles. The van der Waals surface area contributed by atoms with Crippen molar-refractivity contribution >= 4 is 5.97 Å². The highest BCUT2D eigenvalue weighted by atomic mass is 16.5. The monoisotopic (exact) mass is 442 g/mol. The molecule has 0 aliphatic heterocycles. The van der Waals surface area contributed by atoms with Gasteiger partial charge in [-0.25, -0.2) is 0 Å². The van der Waals surface area contributed by atoms with E-state index in [9.17, 15) is 9.90 Å². The fourth-order valence-electron chi connectivity index (χ4n) is 8.57. The minimum Gasteiger partial charge on any atom is -0.462 e. The molecule has 0 spiro atoms. The van der Waals surface area contributed by atoms with Crippen LogP contribution in [0, 0.1) is 40.4 Å². The molecule has 180 valence electrons. The van der Waals surface area contributed by atoms with Gasteiger partial charge < -0.3 is 9.84 Å². The number of carbonyl (C=O) groups excluding carboxylic acids is 1. The van der Waals surface area contributed by atoms with Crippen LogP contribution in [0.4, 0.5) is 0 Å². The van der Waals surface area contributed by atoms with Gasteiger partial charge in [-0.1, -0.05) is 44.6 Å². The molecule has 4 aliphatic carbocycles. The third-order valence-corrected chi connectivity index (χ3v) is 10.2. The van der Waals surface area contributed by atoms with Crippen molar-refractivity contribution in [3.8, 4) is 0 Å². The van der Waals surface area contributed by atoms with Crippen LogP contribution in [0.15, 0.2) is 23.8 Å². The Morgan fingerprint density at radius 1 is 1.22 bits per heavy atom. The van der Waals surface area contributed by atoms with Crippen LogP contribution in [0.3, 0.4) is 0 Å². The van der Waals surface area contributed by atoms with E-state index in [2.05, 4.69) is 39.0 Å². The van der Waals surface area contributed by atoms with Gasteiger partial charge in [0.05, 0.1) is 5.60 Å². The number of esters is 1. The minimum atomic E-state index is -0.619. The summed E-state index contributed by atoms with van der Waals surface area (Å²) in [5, 5.41) is 10.1. The summed E-state index contributed by atoms with van der Waals surface area (Å²) < 4.78 is 5.60. The molecule has 0 saturated heterocycles. The Bertz CT molecular complexity index is 774. The van der Waals surface area contributed by atoms with Crippen molar-refractivity contribution in [2.75, 3.05) is 0 Å². The van der Waals surface area contributed by atoms with Crippen molar-refractivity contribution in [3.63, 3.8) is 0 Å². The van der Waals surface area contributed by atoms with Crippen LogP contribution < -0.4 is 0 Å². The molecule has 0 heterocycles. The number of carbonyl (C=O) groups is 1. The lowest BCUT2D eigenvalue weighted by atomic mass is 9.47. The van der Waals surface area contributed by atoms with Gasteiger partial charge in [-0.05, 0) is 106 Å². The quantitative estimate of drug-likeness (QED) is 0.374. The van der Waals surface area contributed by atoms with Gasteiger partial charge in [0.15, 0.2) is 0 Å². The Labute approximate surface area is 196 Å². The van der Waals surface area contributed by atoms with Gasteiger partial charge >= 0.3 is 5.97 Å². The lowest BCUT2D eigenvalue weighted by molar-refractivity contribution is -0.148. The fourth-order valence-corrected chi connectivity index (χ4v) is 8.57. The SMILES string of the molecule is CC(=O)OC1CCC2(C)C(=CCC3C2CCC2(C)C(C(C)/C=C/CC(C)(C)O)CCC32)C1. The molecule has 3 saturated carbocycles. The first kappa shape index (κ1) is 24.0. The van der Waals surface area contributed by atoms with Crippen LogP contribution in [0.1, 0.15) is 99.3 Å². The lowest BCUT2D eigenvalue weighted by Crippen LogP contribution is -2.51. The van der Waals surface area contributed by atoms with Crippen LogP contribution in [-0.4, -0.2) is 22.8 Å². The number of hydrogen-bond donors (Lipinski definition) is 1. The Balaban J connectivity index is 1.49. The molecule has 4 aliphatic rings. The number of ether oxygens (including phenoxy) is 1. The molecule has 8 unspecified atom stereocenters. The van der Waals surface area contributed by atoms with Gasteiger partial charge in [0.1, 0.15) is 6.10 Å². The molecule has 0 radical (unpaired) electrons. The van der Waals surface area contributed by atoms with Crippen LogP contribution in [0.2, 0.25) is 0 Å². The minimum absolute atomic E-state index is 0.0876. The predicted molar refractivity (Wildman–Crippen MR) is 130 cm³/mol. The Hall–Kier alpha value is -1.09. The van der Waals surface area contributed by atoms with E-state index < -0.39 is 5.60 Å². The van der Waals surface area contributed by atoms with Gasteiger partial charge in [0.2, 0.25) is 0 Å². The molecule has 0 aromatic carbocycles. The van der Waals surface area contributed by atoms with E-state index in [0.29, 0.717) is 16.7 Å². The second-order valence-corrected chi connectivity index (χ2v) is 12.8. The molecular weight excluding hydrogens is 396 g/mol. The maximum absolute atomic E-state index is 11.5. The summed E-state index contributed by atoms with van der Waals surface area (Å²) in [6.07, 6.45) is 17.8. The smallest absolute Gasteiger partial charge is 0.302 e. The maximum Gasteiger partial charge on any atom is 0.302 e. The average Bonchev–Trinajstić information content (AvgIpc) is 3.04. The van der Waals surface area contributed by atoms with Crippen molar-refractivity contribution in [2.45, 2.75) is 111 Å². The summed E-state index contributed by atoms with van der Waals surface area (Å²) in [5.74, 6) is 3.63. The number of aliphatic hydroxyl groups is 1. The van der Waals surface area contributed by atoms with Gasteiger partial charge in [-0.3, -0.25) is 4.79 Å². The average molecular weight is 443 g/mol. The van der Waals surface area contributed by atoms with E-state index in [1.807, 2.05) is 13.8 Å². The zero-order valence-electron chi connectivity index (χ0n) is 21.3. The van der Waals surface area contributed by atoms with Gasteiger partial charge in [0, 0.05) is 13.3 Å². The van der Waals surface area contributed by atoms with Crippen LogP contribution in [0.25, 0.3) is 0 Å². The Morgan fingerprint density at radius 2 is 1.97 bits per heavy atom. The van der Waals surface area contributed by atoms with E-state index >= 15 is 0 Å². The third-order valence-electron chi connectivity index (χ3n) is 10.2. The molecule has 3 nitrogen and oxygen atoms in total. The summed E-state index contributed by atoms with van der Waals surface area (Å²) in [6, 6.07) is 0. The first-order valence-corrected chi connectivity index (χ1v) is 13.2. The van der Waals surface area contributed by atoms with Crippen molar-refractivity contribution in [3.05, 3.63) is 23.8 Å². The summed E-state index contributed by atoms with van der Waals surface area (Å²) in [7, 11) is 0. The molecule has 1 N–H and O–H groups in total. The van der Waals surface area contributed by atoms with Gasteiger partial charge in [0.25, 0.3) is 0 Å². The summed E-state index contributed by atoms with van der Waals surface area (Å²) in [5.41, 5.74) is 1.71. The van der Waals surface area contributed by atoms with Crippen LogP contribution in [0.5, 0.6) is 0 Å². The Morgan fingerprint density at radius 3 is 2.66 bits per heavy atom. The highest BCUT2D eigenvalue weighted by molar-refractivity contribution is 5.66. The highest BCUT2D eigenvalue weighted by Gasteiger charge is 2.59. The predicted octanol–water partition coefficient (Wildman–Crippen LogP) is 6.85. The fraction of sp³-hybridized carbons (Fsp3) is 0.828. The molecule has 32 heavy (non-hydrogen) atoms. The van der Waals surface area contributed by atoms with E-state index in [1.54, 1.807) is 12.5 Å². The molecule has 3 heteroatoms. The number of hydrogen-bond acceptors (Lipinski definition) is 3. The van der Waals surface area contributed by atoms with Crippen molar-refractivity contribution in [1.29, 1.82) is 0 Å². The summed E-state index contributed by atoms with van der Waals surface area (Å²) in [6.45, 7) is 12.9. The molecule has 4 rings (SSSR count). The van der Waals surface area contributed by atoms with Crippen molar-refractivity contribution < 1.29 is 14.6 Å². The molecular formula is C29H46O3. The molecule has 3 fully saturated rings. The van der Waals surface area contributed by atoms with E-state index in [4.69, 9.17) is 4.74 Å². The van der Waals surface area contributed by atoms with Crippen LogP contribution in [-0.2, 0) is 9.53 Å². The molecule has 0 amide bonds. The second kappa shape index (κ2) is 8.60. The zero-order valence-corrected chi connectivity index (χ0v) is 21.3. The molecule has 8 atom stereocenters. The normalized spacial score (nSPS) is 42.6. The molecule has 0 bridgehead atoms. The van der Waals surface area contributed by atoms with Crippen molar-refractivity contribution in [2.24, 2.45) is 40.4 Å². The number of allylic oxidation sites excluding steroid dienone is 2. The van der Waals surface area contributed by atoms with Crippen molar-refractivity contribution in [1.82, 2.24) is 0 Å². The van der Waals surface area contributed by atoms with Gasteiger partial charge in [-0.2, -0.15) is 0 Å². The maximum atomic E-state index is 11.5. The second-order valence-electron chi connectivity index (χ2n) is 12.8. The molecule has 0 aromatic rings. The summed E-state index contributed by atoms with van der Waals surface area (Å²) in [4.78, 5) is 11.5.